The summed E-state index contributed by atoms with van der Waals surface area (Å²) in [6, 6.07) is 4.33. The van der Waals surface area contributed by atoms with Gasteiger partial charge < -0.3 is 15.7 Å². The van der Waals surface area contributed by atoms with Gasteiger partial charge in [-0.1, -0.05) is 26.0 Å². The molecule has 118 valence electrons. The second kappa shape index (κ2) is 5.10. The molecule has 2 atom stereocenters. The van der Waals surface area contributed by atoms with Crippen LogP contribution >= 0.6 is 0 Å². The quantitative estimate of drug-likeness (QED) is 0.899. The highest BCUT2D eigenvalue weighted by Gasteiger charge is 2.36. The third kappa shape index (κ3) is 2.27. The monoisotopic (exact) mass is 298 g/mol. The predicted molar refractivity (Wildman–Crippen MR) is 88.9 cm³/mol. The Hall–Kier alpha value is -1.32. The van der Waals surface area contributed by atoms with Crippen LogP contribution in [0.3, 0.4) is 0 Å². The van der Waals surface area contributed by atoms with Crippen LogP contribution in [-0.4, -0.2) is 16.6 Å². The third-order valence-corrected chi connectivity index (χ3v) is 5.24. The van der Waals surface area contributed by atoms with Crippen molar-refractivity contribution < 1.29 is 5.11 Å². The van der Waals surface area contributed by atoms with E-state index >= 15 is 0 Å². The molecule has 0 saturated heterocycles. The Kier molecular flexibility index (Phi) is 3.31. The van der Waals surface area contributed by atoms with Crippen molar-refractivity contribution in [2.45, 2.75) is 51.8 Å². The Morgan fingerprint density at radius 1 is 1.32 bits per heavy atom. The molecule has 0 radical (unpaired) electrons. The zero-order valence-electron chi connectivity index (χ0n) is 13.5. The van der Waals surface area contributed by atoms with E-state index in [-0.39, 0.29) is 6.04 Å². The van der Waals surface area contributed by atoms with Crippen LogP contribution in [0, 0.1) is 11.8 Å². The van der Waals surface area contributed by atoms with Crippen molar-refractivity contribution in [2.24, 2.45) is 17.6 Å². The molecule has 0 amide bonds. The zero-order valence-corrected chi connectivity index (χ0v) is 13.5. The fraction of sp³-hybridized carbons (Fsp3) is 0.579. The molecular weight excluding hydrogens is 272 g/mol. The first-order chi connectivity index (χ1) is 10.5. The zero-order chi connectivity index (χ0) is 15.4. The maximum absolute atomic E-state index is 10.4. The topological polar surface area (TPSA) is 49.5 Å². The Morgan fingerprint density at radius 2 is 2.09 bits per heavy atom. The number of allylic oxidation sites excluding steroid dienone is 1. The molecular formula is C19H26N2O. The Morgan fingerprint density at radius 3 is 2.77 bits per heavy atom. The molecule has 0 bridgehead atoms. The maximum Gasteiger partial charge on any atom is 0.0814 e. The van der Waals surface area contributed by atoms with Gasteiger partial charge in [-0.25, -0.2) is 0 Å². The molecule has 1 saturated carbocycles. The van der Waals surface area contributed by atoms with Crippen LogP contribution in [0.25, 0.3) is 6.08 Å². The average Bonchev–Trinajstić information content (AvgIpc) is 3.24. The molecule has 0 aromatic heterocycles. The Bertz CT molecular complexity index is 631. The molecule has 1 aromatic carbocycles. The summed E-state index contributed by atoms with van der Waals surface area (Å²) in [6.07, 6.45) is 5.30. The van der Waals surface area contributed by atoms with Gasteiger partial charge in [-0.15, -0.1) is 0 Å². The number of hydrogen-bond acceptors (Lipinski definition) is 3. The molecule has 3 aliphatic rings. The van der Waals surface area contributed by atoms with Crippen LogP contribution < -0.4 is 5.73 Å². The second-order valence-electron chi connectivity index (χ2n) is 7.61. The van der Waals surface area contributed by atoms with E-state index < -0.39 is 6.10 Å². The largest absolute Gasteiger partial charge is 0.388 e. The number of aliphatic hydroxyl groups is 1. The lowest BCUT2D eigenvalue weighted by atomic mass is 9.91. The highest BCUT2D eigenvalue weighted by Crippen LogP contribution is 2.46. The molecule has 1 heterocycles. The minimum Gasteiger partial charge on any atom is -0.388 e. The summed E-state index contributed by atoms with van der Waals surface area (Å²) >= 11 is 0. The second-order valence-corrected chi connectivity index (χ2v) is 7.61. The van der Waals surface area contributed by atoms with Gasteiger partial charge in [0.15, 0.2) is 0 Å². The standard InChI is InChI=1S/C19H26N2O/c1-11(2)9-21-10-15-13(7-17(21)12-3-4-12)5-6-14-16(20)8-18(22)19(14)15/h5-7,11-12,16,18,22H,3-4,8-10,20H2,1-2H3. The SMILES string of the molecule is CC(C)CN1Cc2c(ccc3c2C(O)CC3N)C=C1C1CC1. The molecule has 1 aromatic rings. The highest BCUT2D eigenvalue weighted by atomic mass is 16.3. The van der Waals surface area contributed by atoms with E-state index in [2.05, 4.69) is 37.0 Å². The van der Waals surface area contributed by atoms with Gasteiger partial charge in [0.05, 0.1) is 6.10 Å². The van der Waals surface area contributed by atoms with Crippen molar-refractivity contribution in [3.05, 3.63) is 40.1 Å². The number of fused-ring (bicyclic) bond motifs is 3. The molecule has 3 N–H and O–H groups in total. The fourth-order valence-corrected chi connectivity index (χ4v) is 4.11. The van der Waals surface area contributed by atoms with Crippen LogP contribution in [0.4, 0.5) is 0 Å². The first-order valence-electron chi connectivity index (χ1n) is 8.60. The fourth-order valence-electron chi connectivity index (χ4n) is 4.11. The highest BCUT2D eigenvalue weighted by molar-refractivity contribution is 5.64. The number of rotatable bonds is 3. The van der Waals surface area contributed by atoms with E-state index in [4.69, 9.17) is 5.73 Å². The van der Waals surface area contributed by atoms with Crippen molar-refractivity contribution in [1.82, 2.24) is 4.90 Å². The van der Waals surface area contributed by atoms with E-state index in [0.717, 1.165) is 30.1 Å². The third-order valence-electron chi connectivity index (χ3n) is 5.24. The van der Waals surface area contributed by atoms with Gasteiger partial charge in [0.2, 0.25) is 0 Å². The van der Waals surface area contributed by atoms with Crippen LogP contribution in [-0.2, 0) is 6.54 Å². The minimum absolute atomic E-state index is 0.0114. The van der Waals surface area contributed by atoms with Crippen molar-refractivity contribution >= 4 is 6.08 Å². The van der Waals surface area contributed by atoms with Gasteiger partial charge >= 0.3 is 0 Å². The van der Waals surface area contributed by atoms with E-state index in [1.54, 1.807) is 0 Å². The summed E-state index contributed by atoms with van der Waals surface area (Å²) in [5, 5.41) is 10.4. The maximum atomic E-state index is 10.4. The van der Waals surface area contributed by atoms with Gasteiger partial charge in [0.1, 0.15) is 0 Å². The van der Waals surface area contributed by atoms with E-state index in [1.807, 2.05) is 0 Å². The van der Waals surface area contributed by atoms with Gasteiger partial charge in [0.25, 0.3) is 0 Å². The minimum atomic E-state index is -0.392. The van der Waals surface area contributed by atoms with Crippen molar-refractivity contribution in [1.29, 1.82) is 0 Å². The molecule has 3 heteroatoms. The van der Waals surface area contributed by atoms with Crippen LogP contribution in [0.1, 0.15) is 67.5 Å². The summed E-state index contributed by atoms with van der Waals surface area (Å²) < 4.78 is 0. The summed E-state index contributed by atoms with van der Waals surface area (Å²) in [5.74, 6) is 1.40. The van der Waals surface area contributed by atoms with Gasteiger partial charge in [-0.2, -0.15) is 0 Å². The van der Waals surface area contributed by atoms with Gasteiger partial charge in [-0.05, 0) is 59.4 Å². The molecule has 0 spiro atoms. The van der Waals surface area contributed by atoms with E-state index in [9.17, 15) is 5.11 Å². The van der Waals surface area contributed by atoms with E-state index in [1.165, 1.54) is 29.7 Å². The van der Waals surface area contributed by atoms with Crippen LogP contribution in [0.2, 0.25) is 0 Å². The average molecular weight is 298 g/mol. The number of aliphatic hydroxyl groups excluding tert-OH is 1. The summed E-state index contributed by atoms with van der Waals surface area (Å²) in [6.45, 7) is 6.58. The summed E-state index contributed by atoms with van der Waals surface area (Å²) in [7, 11) is 0. The van der Waals surface area contributed by atoms with E-state index in [0.29, 0.717) is 12.3 Å². The first-order valence-corrected chi connectivity index (χ1v) is 8.60. The number of hydrogen-bond donors (Lipinski definition) is 2. The molecule has 3 nitrogen and oxygen atoms in total. The van der Waals surface area contributed by atoms with Gasteiger partial charge in [0, 0.05) is 24.8 Å². The normalized spacial score (nSPS) is 27.0. The lowest BCUT2D eigenvalue weighted by Gasteiger charge is -2.35. The van der Waals surface area contributed by atoms with Gasteiger partial charge in [-0.3, -0.25) is 0 Å². The van der Waals surface area contributed by atoms with Crippen molar-refractivity contribution in [3.63, 3.8) is 0 Å². The smallest absolute Gasteiger partial charge is 0.0814 e. The lowest BCUT2D eigenvalue weighted by Crippen LogP contribution is -2.31. The molecule has 1 aliphatic heterocycles. The predicted octanol–water partition coefficient (Wildman–Crippen LogP) is 3.35. The van der Waals surface area contributed by atoms with Crippen LogP contribution in [0.15, 0.2) is 17.8 Å². The van der Waals surface area contributed by atoms with Crippen molar-refractivity contribution in [2.75, 3.05) is 6.54 Å². The molecule has 2 aliphatic carbocycles. The number of nitrogens with zero attached hydrogens (tertiary/aromatic N) is 1. The number of benzene rings is 1. The molecule has 22 heavy (non-hydrogen) atoms. The molecule has 4 rings (SSSR count). The molecule has 2 unspecified atom stereocenters. The van der Waals surface area contributed by atoms with Crippen LogP contribution in [0.5, 0.6) is 0 Å². The number of nitrogens with two attached hydrogens (primary N) is 1. The Balaban J connectivity index is 1.78. The first kappa shape index (κ1) is 14.3. The lowest BCUT2D eigenvalue weighted by molar-refractivity contribution is 0.171. The Labute approximate surface area is 132 Å². The molecule has 1 fully saturated rings. The summed E-state index contributed by atoms with van der Waals surface area (Å²) in [4.78, 5) is 2.54. The summed E-state index contributed by atoms with van der Waals surface area (Å²) in [5.41, 5.74) is 12.6. The van der Waals surface area contributed by atoms with Crippen molar-refractivity contribution in [3.8, 4) is 0 Å².